The number of nitrogens with zero attached hydrogens (tertiary/aromatic N) is 2. The van der Waals surface area contributed by atoms with Crippen molar-refractivity contribution in [3.63, 3.8) is 0 Å². The third-order valence-corrected chi connectivity index (χ3v) is 11.4. The number of pyridine rings is 1. The number of hydrogen-bond acceptors (Lipinski definition) is 4. The van der Waals surface area contributed by atoms with Gasteiger partial charge in [0.15, 0.2) is 8.32 Å². The van der Waals surface area contributed by atoms with Gasteiger partial charge in [0.2, 0.25) is 5.91 Å². The van der Waals surface area contributed by atoms with E-state index < -0.39 is 8.32 Å². The van der Waals surface area contributed by atoms with Gasteiger partial charge in [-0.2, -0.15) is 0 Å². The number of aromatic nitrogens is 2. The molecule has 0 spiro atoms. The van der Waals surface area contributed by atoms with Crippen molar-refractivity contribution in [3.8, 4) is 17.0 Å². The summed E-state index contributed by atoms with van der Waals surface area (Å²) in [4.78, 5) is 16.6. The van der Waals surface area contributed by atoms with Gasteiger partial charge in [0, 0.05) is 23.9 Å². The van der Waals surface area contributed by atoms with Gasteiger partial charge in [0.25, 0.3) is 0 Å². The van der Waals surface area contributed by atoms with Crippen LogP contribution in [-0.2, 0) is 16.3 Å². The largest absolute Gasteiger partial charge is 0.491 e. The fourth-order valence-corrected chi connectivity index (χ4v) is 4.63. The Balaban J connectivity index is 1.51. The second-order valence-corrected chi connectivity index (χ2v) is 15.2. The van der Waals surface area contributed by atoms with E-state index in [2.05, 4.69) is 60.9 Å². The molecule has 0 atom stereocenters. The third kappa shape index (κ3) is 5.14. The van der Waals surface area contributed by atoms with Crippen LogP contribution in [0.1, 0.15) is 33.6 Å². The van der Waals surface area contributed by atoms with Crippen molar-refractivity contribution < 1.29 is 14.0 Å². The number of aryl methyl sites for hydroxylation is 1. The molecule has 3 aromatic rings. The number of nitrogens with one attached hydrogen (secondary N) is 1. The summed E-state index contributed by atoms with van der Waals surface area (Å²) in [5.41, 5.74) is 3.07. The van der Waals surface area contributed by atoms with Crippen molar-refractivity contribution in [2.24, 2.45) is 13.0 Å². The number of ether oxygens (including phenoxy) is 1. The van der Waals surface area contributed by atoms with E-state index in [0.717, 1.165) is 40.8 Å². The predicted octanol–water partition coefficient (Wildman–Crippen LogP) is 5.99. The zero-order valence-electron chi connectivity index (χ0n) is 20.6. The highest BCUT2D eigenvalue weighted by Gasteiger charge is 2.37. The maximum atomic E-state index is 12.1. The first kappa shape index (κ1) is 23.5. The fourth-order valence-electron chi connectivity index (χ4n) is 3.60. The molecule has 4 rings (SSSR count). The average Bonchev–Trinajstić information content (AvgIpc) is 3.55. The molecule has 2 heterocycles. The van der Waals surface area contributed by atoms with Crippen molar-refractivity contribution in [1.82, 2.24) is 9.55 Å². The summed E-state index contributed by atoms with van der Waals surface area (Å²) in [5, 5.41) is 4.15. The molecule has 2 aromatic heterocycles. The summed E-state index contributed by atoms with van der Waals surface area (Å²) in [6.07, 6.45) is 3.76. The van der Waals surface area contributed by atoms with Crippen molar-refractivity contribution in [2.45, 2.75) is 51.7 Å². The monoisotopic (exact) mass is 465 g/mol. The van der Waals surface area contributed by atoms with Crippen LogP contribution in [0, 0.1) is 5.92 Å². The Morgan fingerprint density at radius 1 is 1.18 bits per heavy atom. The van der Waals surface area contributed by atoms with E-state index in [0.29, 0.717) is 19.0 Å². The third-order valence-electron chi connectivity index (χ3n) is 6.90. The van der Waals surface area contributed by atoms with Crippen molar-refractivity contribution in [2.75, 3.05) is 18.5 Å². The van der Waals surface area contributed by atoms with E-state index in [1.807, 2.05) is 37.5 Å². The van der Waals surface area contributed by atoms with Crippen LogP contribution in [0.3, 0.4) is 0 Å². The zero-order valence-corrected chi connectivity index (χ0v) is 21.6. The summed E-state index contributed by atoms with van der Waals surface area (Å²) < 4.78 is 14.6. The van der Waals surface area contributed by atoms with Gasteiger partial charge in [-0.1, -0.05) is 32.9 Å². The molecule has 0 saturated heterocycles. The van der Waals surface area contributed by atoms with Gasteiger partial charge in [0.1, 0.15) is 18.2 Å². The lowest BCUT2D eigenvalue weighted by Crippen LogP contribution is -2.41. The Hall–Kier alpha value is -2.64. The second-order valence-electron chi connectivity index (χ2n) is 10.4. The van der Waals surface area contributed by atoms with Gasteiger partial charge >= 0.3 is 0 Å². The topological polar surface area (TPSA) is 65.4 Å². The van der Waals surface area contributed by atoms with Crippen LogP contribution in [0.4, 0.5) is 5.82 Å². The maximum absolute atomic E-state index is 12.1. The molecule has 1 saturated carbocycles. The molecule has 0 unspecified atom stereocenters. The summed E-state index contributed by atoms with van der Waals surface area (Å²) in [7, 11) is 0.234. The molecule has 0 radical (unpaired) electrons. The first-order valence-electron chi connectivity index (χ1n) is 11.7. The molecular formula is C26H35N3O3Si. The Morgan fingerprint density at radius 2 is 1.91 bits per heavy atom. The normalized spacial score (nSPS) is 14.5. The molecule has 6 nitrogen and oxygen atoms in total. The SMILES string of the molecule is Cn1c(-c2ccccc2OCCO[Si](C)(C)C(C)(C)C)cc2cc(NC(=O)C3CC3)ncc21. The van der Waals surface area contributed by atoms with Crippen LogP contribution < -0.4 is 10.1 Å². The highest BCUT2D eigenvalue weighted by molar-refractivity contribution is 6.74. The minimum atomic E-state index is -1.79. The van der Waals surface area contributed by atoms with E-state index in [-0.39, 0.29) is 16.9 Å². The fraction of sp³-hybridized carbons (Fsp3) is 0.462. The summed E-state index contributed by atoms with van der Waals surface area (Å²) in [5.74, 6) is 1.65. The number of rotatable bonds is 8. The number of anilines is 1. The maximum Gasteiger partial charge on any atom is 0.228 e. The van der Waals surface area contributed by atoms with Gasteiger partial charge in [0.05, 0.1) is 24.0 Å². The van der Waals surface area contributed by atoms with Gasteiger partial charge < -0.3 is 19.0 Å². The molecule has 1 fully saturated rings. The molecule has 1 aliphatic rings. The number of para-hydroxylation sites is 1. The van der Waals surface area contributed by atoms with E-state index in [9.17, 15) is 4.79 Å². The lowest BCUT2D eigenvalue weighted by molar-refractivity contribution is -0.117. The Kier molecular flexibility index (Phi) is 6.38. The number of benzene rings is 1. The van der Waals surface area contributed by atoms with Gasteiger partial charge in [-0.05, 0) is 55.2 Å². The standard InChI is InChI=1S/C26H35N3O3Si/c1-26(2,3)33(5,6)32-14-13-31-23-10-8-7-9-20(23)21-15-19-16-24(27-17-22(19)29(21)4)28-25(30)18-11-12-18/h7-10,15-18H,11-14H2,1-6H3,(H,27,28,30). The van der Waals surface area contributed by atoms with Crippen molar-refractivity contribution >= 4 is 30.9 Å². The summed E-state index contributed by atoms with van der Waals surface area (Å²) in [6, 6.07) is 12.1. The van der Waals surface area contributed by atoms with Gasteiger partial charge in [-0.15, -0.1) is 0 Å². The molecule has 1 amide bonds. The lowest BCUT2D eigenvalue weighted by Gasteiger charge is -2.36. The molecule has 7 heteroatoms. The van der Waals surface area contributed by atoms with Crippen LogP contribution in [0.5, 0.6) is 5.75 Å². The molecule has 1 aromatic carbocycles. The van der Waals surface area contributed by atoms with E-state index in [1.165, 1.54) is 0 Å². The molecule has 176 valence electrons. The van der Waals surface area contributed by atoms with Crippen molar-refractivity contribution in [3.05, 3.63) is 42.6 Å². The van der Waals surface area contributed by atoms with E-state index in [1.54, 1.807) is 0 Å². The molecule has 0 aliphatic heterocycles. The first-order valence-corrected chi connectivity index (χ1v) is 14.6. The number of amides is 1. The van der Waals surface area contributed by atoms with Crippen molar-refractivity contribution in [1.29, 1.82) is 0 Å². The van der Waals surface area contributed by atoms with Crippen LogP contribution in [0.15, 0.2) is 42.6 Å². The van der Waals surface area contributed by atoms with Crippen LogP contribution in [0.2, 0.25) is 18.1 Å². The quantitative estimate of drug-likeness (QED) is 0.328. The Labute approximate surface area is 197 Å². The van der Waals surface area contributed by atoms with Gasteiger partial charge in [-0.3, -0.25) is 4.79 Å². The molecule has 1 aliphatic carbocycles. The molecule has 33 heavy (non-hydrogen) atoms. The average molecular weight is 466 g/mol. The lowest BCUT2D eigenvalue weighted by atomic mass is 10.1. The summed E-state index contributed by atoms with van der Waals surface area (Å²) >= 11 is 0. The molecule has 0 bridgehead atoms. The Bertz CT molecular complexity index is 1160. The number of fused-ring (bicyclic) bond motifs is 1. The second kappa shape index (κ2) is 8.95. The minimum Gasteiger partial charge on any atom is -0.491 e. The van der Waals surface area contributed by atoms with E-state index in [4.69, 9.17) is 9.16 Å². The highest BCUT2D eigenvalue weighted by atomic mass is 28.4. The molecular weight excluding hydrogens is 430 g/mol. The van der Waals surface area contributed by atoms with Gasteiger partial charge in [-0.25, -0.2) is 4.98 Å². The first-order chi connectivity index (χ1) is 15.6. The number of carbonyl (C=O) groups excluding carboxylic acids is 1. The van der Waals surface area contributed by atoms with Crippen LogP contribution in [-0.4, -0.2) is 37.0 Å². The van der Waals surface area contributed by atoms with Crippen LogP contribution >= 0.6 is 0 Å². The van der Waals surface area contributed by atoms with Crippen LogP contribution in [0.25, 0.3) is 22.2 Å². The smallest absolute Gasteiger partial charge is 0.228 e. The summed E-state index contributed by atoms with van der Waals surface area (Å²) in [6.45, 7) is 12.3. The predicted molar refractivity (Wildman–Crippen MR) is 136 cm³/mol. The number of hydrogen-bond donors (Lipinski definition) is 1. The van der Waals surface area contributed by atoms with E-state index >= 15 is 0 Å². The minimum absolute atomic E-state index is 0.0664. The molecule has 1 N–H and O–H groups in total. The highest BCUT2D eigenvalue weighted by Crippen LogP contribution is 2.37. The number of carbonyl (C=O) groups is 1. The zero-order chi connectivity index (χ0) is 23.8. The Morgan fingerprint density at radius 3 is 2.61 bits per heavy atom.